The Morgan fingerprint density at radius 2 is 2.20 bits per heavy atom. The first-order chi connectivity index (χ1) is 2.27. The van der Waals surface area contributed by atoms with Crippen LogP contribution in [0.4, 0.5) is 4.79 Å². The number of urea groups is 1. The Kier molecular flexibility index (Phi) is 1.48. The van der Waals surface area contributed by atoms with Crippen molar-refractivity contribution in [1.29, 1.82) is 0 Å². The third-order valence-electron chi connectivity index (χ3n) is 0.116. The lowest BCUT2D eigenvalue weighted by Gasteiger charge is -1.86. The van der Waals surface area contributed by atoms with E-state index in [2.05, 4.69) is 5.73 Å². The predicted octanol–water partition coefficient (Wildman–Crippen LogP) is -1.87. The fourth-order valence-corrected chi connectivity index (χ4v) is 0. The number of hydroxylamine groups is 1. The Labute approximate surface area is 28.5 Å². The quantitative estimate of drug-likeness (QED) is 0.331. The van der Waals surface area contributed by atoms with Crippen LogP contribution in [0.5, 0.6) is 0 Å². The maximum atomic E-state index is 9.22. The van der Waals surface area contributed by atoms with Crippen molar-refractivity contribution < 1.29 is 10.3 Å². The topological polar surface area (TPSA) is 82.8 Å². The standard InChI is InChI=1S/CH4N2O2/c2-1(4)3-5/h3H2,(H2,2,4). The molecule has 0 rings (SSSR count). The van der Waals surface area contributed by atoms with Crippen LogP contribution in [0.15, 0.2) is 0 Å². The van der Waals surface area contributed by atoms with Crippen LogP contribution in [0.3, 0.4) is 0 Å². The largest absolute Gasteiger partial charge is 0.627 e. The van der Waals surface area contributed by atoms with E-state index in [4.69, 9.17) is 5.21 Å². The highest BCUT2D eigenvalue weighted by atomic mass is 16.5. The van der Waals surface area contributed by atoms with Gasteiger partial charge in [0.1, 0.15) is 0 Å². The highest BCUT2D eigenvalue weighted by molar-refractivity contribution is 5.60. The highest BCUT2D eigenvalue weighted by Crippen LogP contribution is 1.25. The second-order valence-corrected chi connectivity index (χ2v) is 0.520. The van der Waals surface area contributed by atoms with Crippen LogP contribution in [0.1, 0.15) is 0 Å². The minimum absolute atomic E-state index is 0.0556. The predicted molar refractivity (Wildman–Crippen MR) is 14.9 cm³/mol. The average Bonchev–Trinajstić information content (AvgIpc) is 1.38. The molecule has 0 bridgehead atoms. The lowest BCUT2D eigenvalue weighted by Crippen LogP contribution is -2.84. The van der Waals surface area contributed by atoms with Gasteiger partial charge in [0, 0.05) is 0 Å². The summed E-state index contributed by atoms with van der Waals surface area (Å²) in [5.74, 6) is 0. The molecule has 0 aromatic rings. The van der Waals surface area contributed by atoms with Gasteiger partial charge in [-0.15, -0.1) is 0 Å². The Bertz CT molecular complexity index is 42.9. The normalized spacial score (nSPS) is 7.40. The molecule has 0 unspecified atom stereocenters. The lowest BCUT2D eigenvalue weighted by molar-refractivity contribution is -0.479. The molecule has 0 radical (unpaired) electrons. The number of hydrogen-bond acceptors (Lipinski definition) is 2. The molecule has 0 saturated heterocycles. The molecule has 5 heavy (non-hydrogen) atoms. The van der Waals surface area contributed by atoms with E-state index in [1.807, 2.05) is 0 Å². The fourth-order valence-electron chi connectivity index (χ4n) is 0. The van der Waals surface area contributed by atoms with Gasteiger partial charge < -0.3 is 16.4 Å². The number of primary amides is 2. The van der Waals surface area contributed by atoms with Crippen molar-refractivity contribution in [1.82, 2.24) is 0 Å². The number of carbonyl (C=O) groups excluding carboxylic acids is 1. The van der Waals surface area contributed by atoms with E-state index in [1.165, 1.54) is 0 Å². The summed E-state index contributed by atoms with van der Waals surface area (Å²) in [6.07, 6.45) is 0. The Morgan fingerprint density at radius 1 is 2.00 bits per heavy atom. The smallest absolute Gasteiger partial charge is 0.410 e. The summed E-state index contributed by atoms with van der Waals surface area (Å²) in [5, 5.41) is 9.03. The van der Waals surface area contributed by atoms with Crippen molar-refractivity contribution in [3.63, 3.8) is 0 Å². The zero-order valence-corrected chi connectivity index (χ0v) is 2.47. The van der Waals surface area contributed by atoms with Gasteiger partial charge in [-0.2, -0.15) is 0 Å². The summed E-state index contributed by atoms with van der Waals surface area (Å²) < 4.78 is 0. The Hall–Kier alpha value is -0.610. The van der Waals surface area contributed by atoms with E-state index in [9.17, 15) is 4.79 Å². The van der Waals surface area contributed by atoms with Gasteiger partial charge in [0.05, 0.1) is 0 Å². The molecule has 2 amide bonds. The van der Waals surface area contributed by atoms with Gasteiger partial charge in [-0.05, 0) is 0 Å². The number of rotatable bonds is 0. The average molecular weight is 76.1 g/mol. The highest BCUT2D eigenvalue weighted by Gasteiger charge is 1.76. The van der Waals surface area contributed by atoms with Gasteiger partial charge >= 0.3 is 6.03 Å². The van der Waals surface area contributed by atoms with E-state index in [0.29, 0.717) is 0 Å². The van der Waals surface area contributed by atoms with Gasteiger partial charge in [-0.1, -0.05) is 0 Å². The van der Waals surface area contributed by atoms with E-state index in [-0.39, 0.29) is 5.48 Å². The van der Waals surface area contributed by atoms with E-state index in [1.54, 1.807) is 0 Å². The van der Waals surface area contributed by atoms with E-state index >= 15 is 0 Å². The molecule has 0 heterocycles. The summed E-state index contributed by atoms with van der Waals surface area (Å²) >= 11 is 0. The molecule has 0 aliphatic heterocycles. The van der Waals surface area contributed by atoms with Crippen LogP contribution in [0, 0.1) is 5.21 Å². The summed E-state index contributed by atoms with van der Waals surface area (Å²) in [6.45, 7) is 0. The number of carbonyl (C=O) groups is 1. The molecule has 4 nitrogen and oxygen atoms in total. The molecule has 4 heteroatoms. The zero-order valence-electron chi connectivity index (χ0n) is 2.47. The van der Waals surface area contributed by atoms with Crippen LogP contribution in [0.25, 0.3) is 0 Å². The molecule has 4 N–H and O–H groups in total. The van der Waals surface area contributed by atoms with Gasteiger partial charge in [0.25, 0.3) is 0 Å². The van der Waals surface area contributed by atoms with Gasteiger partial charge in [0.2, 0.25) is 0 Å². The monoisotopic (exact) mass is 76.0 g/mol. The van der Waals surface area contributed by atoms with Crippen molar-refractivity contribution in [3.8, 4) is 0 Å². The molecule has 0 aliphatic rings. The molecule has 0 fully saturated rings. The fraction of sp³-hybridized carbons (Fsp3) is 0. The molecule has 0 saturated carbocycles. The molecule has 0 aliphatic carbocycles. The summed E-state index contributed by atoms with van der Waals surface area (Å²) in [7, 11) is 0. The Balaban J connectivity index is 2.85. The molecule has 0 aromatic carbocycles. The van der Waals surface area contributed by atoms with E-state index in [0.717, 1.165) is 0 Å². The van der Waals surface area contributed by atoms with Crippen molar-refractivity contribution in [2.75, 3.05) is 0 Å². The first-order valence-electron chi connectivity index (χ1n) is 1.02. The summed E-state index contributed by atoms with van der Waals surface area (Å²) in [6, 6.07) is -0.926. The molecule has 0 spiro atoms. The zero-order chi connectivity index (χ0) is 4.28. The number of amides is 2. The molecule has 0 aromatic heterocycles. The molecular weight excluding hydrogens is 72.0 g/mol. The van der Waals surface area contributed by atoms with Crippen LogP contribution < -0.4 is 11.2 Å². The number of quaternary nitrogens is 1. The number of hydrogen-bond donors (Lipinski definition) is 2. The van der Waals surface area contributed by atoms with Crippen LogP contribution in [-0.4, -0.2) is 6.03 Å². The van der Waals surface area contributed by atoms with Crippen LogP contribution >= 0.6 is 0 Å². The van der Waals surface area contributed by atoms with Crippen molar-refractivity contribution in [2.24, 2.45) is 5.73 Å². The SMILES string of the molecule is NC(=O)[NH2+][O-]. The van der Waals surface area contributed by atoms with Gasteiger partial charge in [-0.25, -0.2) is 4.79 Å². The molecule has 30 valence electrons. The lowest BCUT2D eigenvalue weighted by atomic mass is 11.2. The van der Waals surface area contributed by atoms with Crippen molar-refractivity contribution >= 4 is 6.03 Å². The number of nitrogens with two attached hydrogens (primary N) is 2. The second kappa shape index (κ2) is 1.68. The summed E-state index contributed by atoms with van der Waals surface area (Å²) in [5.41, 5.74) is 4.34. The van der Waals surface area contributed by atoms with E-state index < -0.39 is 6.03 Å². The maximum absolute atomic E-state index is 9.22. The second-order valence-electron chi connectivity index (χ2n) is 0.520. The van der Waals surface area contributed by atoms with Gasteiger partial charge in [0.15, 0.2) is 0 Å². The van der Waals surface area contributed by atoms with Crippen LogP contribution in [-0.2, 0) is 0 Å². The maximum Gasteiger partial charge on any atom is 0.410 e. The third-order valence-corrected chi connectivity index (χ3v) is 0.116. The minimum atomic E-state index is -0.926. The first-order valence-corrected chi connectivity index (χ1v) is 1.02. The van der Waals surface area contributed by atoms with Gasteiger partial charge in [-0.3, -0.25) is 0 Å². The van der Waals surface area contributed by atoms with Crippen molar-refractivity contribution in [3.05, 3.63) is 5.21 Å². The summed E-state index contributed by atoms with van der Waals surface area (Å²) in [4.78, 5) is 9.22. The molecular formula is CH4N2O2. The van der Waals surface area contributed by atoms with Crippen molar-refractivity contribution in [2.45, 2.75) is 0 Å². The Morgan fingerprint density at radius 3 is 2.20 bits per heavy atom. The third kappa shape index (κ3) is 3.39. The first kappa shape index (κ1) is 4.39. The minimum Gasteiger partial charge on any atom is -0.627 e. The molecule has 0 atom stereocenters. The van der Waals surface area contributed by atoms with Crippen LogP contribution in [0.2, 0.25) is 0 Å².